The van der Waals surface area contributed by atoms with Gasteiger partial charge in [-0.15, -0.1) is 0 Å². The molecule has 0 spiro atoms. The van der Waals surface area contributed by atoms with Crippen molar-refractivity contribution in [2.24, 2.45) is 0 Å². The summed E-state index contributed by atoms with van der Waals surface area (Å²) in [6.45, 7) is 6.32. The Balaban J connectivity index is 1.95. The van der Waals surface area contributed by atoms with Crippen LogP contribution in [0.4, 0.5) is 0 Å². The topological polar surface area (TPSA) is 59.4 Å². The lowest BCUT2D eigenvalue weighted by molar-refractivity contribution is -0.136. The van der Waals surface area contributed by atoms with Crippen molar-refractivity contribution in [2.75, 3.05) is 0 Å². The zero-order valence-electron chi connectivity index (χ0n) is 16.7. The van der Waals surface area contributed by atoms with Gasteiger partial charge in [0.25, 0.3) is 0 Å². The molecule has 0 saturated heterocycles. The molecule has 0 radical (unpaired) electrons. The van der Waals surface area contributed by atoms with Crippen LogP contribution in [-0.4, -0.2) is 16.1 Å². The summed E-state index contributed by atoms with van der Waals surface area (Å²) in [6, 6.07) is 9.99. The van der Waals surface area contributed by atoms with Crippen LogP contribution in [0.25, 0.3) is 10.9 Å². The standard InChI is InChI=1S/C23H23Br2NO3/c1-4-5-16-8-13(2)18-12-17(9-14(3)22(18)26-16)29-23-19(24)10-15(11-20(23)25)6-7-21(27)28/h8-12H,4-7H2,1-3H3,(H,27,28). The number of fused-ring (bicyclic) bond motifs is 1. The van der Waals surface area contributed by atoms with Crippen LogP contribution >= 0.6 is 31.9 Å². The van der Waals surface area contributed by atoms with Gasteiger partial charge in [0.05, 0.1) is 14.5 Å². The van der Waals surface area contributed by atoms with Gasteiger partial charge in [-0.25, -0.2) is 0 Å². The van der Waals surface area contributed by atoms with E-state index in [1.807, 2.05) is 24.3 Å². The minimum atomic E-state index is -0.810. The molecular weight excluding hydrogens is 498 g/mol. The predicted molar refractivity (Wildman–Crippen MR) is 123 cm³/mol. The van der Waals surface area contributed by atoms with Crippen molar-refractivity contribution in [3.8, 4) is 11.5 Å². The average Bonchev–Trinajstić information content (AvgIpc) is 2.64. The molecule has 0 aliphatic carbocycles. The molecule has 0 atom stereocenters. The second-order valence-electron chi connectivity index (χ2n) is 7.20. The monoisotopic (exact) mass is 519 g/mol. The van der Waals surface area contributed by atoms with Crippen LogP contribution in [0.1, 0.15) is 42.1 Å². The number of carbonyl (C=O) groups is 1. The van der Waals surface area contributed by atoms with Crippen LogP contribution in [0.5, 0.6) is 11.5 Å². The molecule has 0 fully saturated rings. The Bertz CT molecular complexity index is 1060. The zero-order valence-corrected chi connectivity index (χ0v) is 19.9. The van der Waals surface area contributed by atoms with Gasteiger partial charge in [-0.1, -0.05) is 13.3 Å². The van der Waals surface area contributed by atoms with Gasteiger partial charge in [0.1, 0.15) is 5.75 Å². The van der Waals surface area contributed by atoms with Crippen molar-refractivity contribution in [3.63, 3.8) is 0 Å². The first-order valence-electron chi connectivity index (χ1n) is 9.57. The number of carboxylic acid groups (broad SMARTS) is 1. The van der Waals surface area contributed by atoms with Crippen molar-refractivity contribution in [2.45, 2.75) is 46.5 Å². The molecule has 4 nitrogen and oxygen atoms in total. The minimum Gasteiger partial charge on any atom is -0.481 e. The van der Waals surface area contributed by atoms with Gasteiger partial charge < -0.3 is 9.84 Å². The lowest BCUT2D eigenvalue weighted by atomic mass is 10.0. The van der Waals surface area contributed by atoms with E-state index in [9.17, 15) is 4.79 Å². The number of pyridine rings is 1. The molecule has 0 amide bonds. The highest BCUT2D eigenvalue weighted by atomic mass is 79.9. The highest BCUT2D eigenvalue weighted by Crippen LogP contribution is 2.39. The van der Waals surface area contributed by atoms with E-state index in [1.54, 1.807) is 0 Å². The number of halogens is 2. The summed E-state index contributed by atoms with van der Waals surface area (Å²) in [6.07, 6.45) is 2.60. The Morgan fingerprint density at radius 1 is 1.03 bits per heavy atom. The number of rotatable bonds is 7. The molecule has 2 aromatic carbocycles. The van der Waals surface area contributed by atoms with Gasteiger partial charge in [0, 0.05) is 17.5 Å². The molecule has 0 saturated carbocycles. The normalized spacial score (nSPS) is 11.1. The Kier molecular flexibility index (Phi) is 6.96. The van der Waals surface area contributed by atoms with Crippen LogP contribution in [0.3, 0.4) is 0 Å². The first-order chi connectivity index (χ1) is 13.8. The van der Waals surface area contributed by atoms with E-state index >= 15 is 0 Å². The van der Waals surface area contributed by atoms with E-state index in [0.29, 0.717) is 12.2 Å². The molecule has 0 aliphatic rings. The highest BCUT2D eigenvalue weighted by molar-refractivity contribution is 9.11. The molecule has 1 aromatic heterocycles. The first kappa shape index (κ1) is 21.8. The fourth-order valence-corrected chi connectivity index (χ4v) is 4.81. The van der Waals surface area contributed by atoms with Gasteiger partial charge >= 0.3 is 5.97 Å². The minimum absolute atomic E-state index is 0.0925. The summed E-state index contributed by atoms with van der Waals surface area (Å²) in [7, 11) is 0. The summed E-state index contributed by atoms with van der Waals surface area (Å²) in [5.74, 6) is 0.592. The van der Waals surface area contributed by atoms with E-state index in [1.165, 1.54) is 5.56 Å². The lowest BCUT2D eigenvalue weighted by Gasteiger charge is -2.15. The van der Waals surface area contributed by atoms with E-state index in [-0.39, 0.29) is 6.42 Å². The summed E-state index contributed by atoms with van der Waals surface area (Å²) < 4.78 is 7.76. The van der Waals surface area contributed by atoms with Crippen molar-refractivity contribution in [1.82, 2.24) is 4.98 Å². The molecular formula is C23H23Br2NO3. The number of hydrogen-bond acceptors (Lipinski definition) is 3. The summed E-state index contributed by atoms with van der Waals surface area (Å²) in [5, 5.41) is 9.98. The summed E-state index contributed by atoms with van der Waals surface area (Å²) >= 11 is 7.11. The Hall–Kier alpha value is -1.92. The van der Waals surface area contributed by atoms with E-state index in [0.717, 1.165) is 55.3 Å². The van der Waals surface area contributed by atoms with Crippen molar-refractivity contribution in [3.05, 3.63) is 61.7 Å². The largest absolute Gasteiger partial charge is 0.481 e. The molecule has 29 heavy (non-hydrogen) atoms. The van der Waals surface area contributed by atoms with Gasteiger partial charge in [-0.05, 0) is 106 Å². The third-order valence-electron chi connectivity index (χ3n) is 4.75. The molecule has 1 N–H and O–H groups in total. The zero-order chi connectivity index (χ0) is 21.1. The first-order valence-corrected chi connectivity index (χ1v) is 11.2. The molecule has 3 rings (SSSR count). The molecule has 152 valence electrons. The van der Waals surface area contributed by atoms with Gasteiger partial charge in [-0.2, -0.15) is 0 Å². The maximum atomic E-state index is 10.8. The highest BCUT2D eigenvalue weighted by Gasteiger charge is 2.14. The van der Waals surface area contributed by atoms with E-state index in [4.69, 9.17) is 14.8 Å². The van der Waals surface area contributed by atoms with Crippen molar-refractivity contribution < 1.29 is 14.6 Å². The van der Waals surface area contributed by atoms with Crippen LogP contribution in [0, 0.1) is 13.8 Å². The van der Waals surface area contributed by atoms with Crippen LogP contribution in [0.2, 0.25) is 0 Å². The van der Waals surface area contributed by atoms with Gasteiger partial charge in [-0.3, -0.25) is 9.78 Å². The fourth-order valence-electron chi connectivity index (χ4n) is 3.37. The number of ether oxygens (including phenoxy) is 1. The van der Waals surface area contributed by atoms with Gasteiger partial charge in [0.15, 0.2) is 5.75 Å². The maximum Gasteiger partial charge on any atom is 0.303 e. The predicted octanol–water partition coefficient (Wildman–Crippen LogP) is 7.14. The summed E-state index contributed by atoms with van der Waals surface area (Å²) in [5.41, 5.74) is 5.33. The Morgan fingerprint density at radius 3 is 2.34 bits per heavy atom. The van der Waals surface area contributed by atoms with Crippen LogP contribution in [0.15, 0.2) is 39.3 Å². The number of nitrogens with zero attached hydrogens (tertiary/aromatic N) is 1. The van der Waals surface area contributed by atoms with Gasteiger partial charge in [0.2, 0.25) is 0 Å². The number of benzene rings is 2. The molecule has 6 heteroatoms. The van der Waals surface area contributed by atoms with E-state index in [2.05, 4.69) is 58.7 Å². The third kappa shape index (κ3) is 5.17. The maximum absolute atomic E-state index is 10.8. The number of hydrogen-bond donors (Lipinski definition) is 1. The fraction of sp³-hybridized carbons (Fsp3) is 0.304. The second-order valence-corrected chi connectivity index (χ2v) is 8.91. The molecule has 0 unspecified atom stereocenters. The van der Waals surface area contributed by atoms with Crippen molar-refractivity contribution in [1.29, 1.82) is 0 Å². The molecule has 0 aliphatic heterocycles. The smallest absolute Gasteiger partial charge is 0.303 e. The van der Waals surface area contributed by atoms with Crippen LogP contribution in [-0.2, 0) is 17.6 Å². The average molecular weight is 521 g/mol. The Labute approximate surface area is 187 Å². The molecule has 0 bridgehead atoms. The number of aliphatic carboxylic acids is 1. The third-order valence-corrected chi connectivity index (χ3v) is 5.93. The van der Waals surface area contributed by atoms with Crippen molar-refractivity contribution >= 4 is 48.7 Å². The number of aryl methyl sites for hydroxylation is 4. The lowest BCUT2D eigenvalue weighted by Crippen LogP contribution is -1.98. The molecule has 3 aromatic rings. The number of carboxylic acids is 1. The quantitative estimate of drug-likeness (QED) is 0.359. The Morgan fingerprint density at radius 2 is 1.72 bits per heavy atom. The van der Waals surface area contributed by atoms with Crippen LogP contribution < -0.4 is 4.74 Å². The van der Waals surface area contributed by atoms with E-state index < -0.39 is 5.97 Å². The molecule has 1 heterocycles. The SMILES string of the molecule is CCCc1cc(C)c2cc(Oc3c(Br)cc(CCC(=O)O)cc3Br)cc(C)c2n1. The second kappa shape index (κ2) is 9.26. The number of aromatic nitrogens is 1. The summed E-state index contributed by atoms with van der Waals surface area (Å²) in [4.78, 5) is 15.7.